The maximum absolute atomic E-state index is 10.7. The molecule has 1 rings (SSSR count). The van der Waals surface area contributed by atoms with Crippen molar-refractivity contribution >= 4 is 23.3 Å². The fraction of sp³-hybridized carbons (Fsp3) is 0.385. The molecule has 0 fully saturated rings. The number of anilines is 1. The Morgan fingerprint density at radius 3 is 2.83 bits per heavy atom. The van der Waals surface area contributed by atoms with Gasteiger partial charge in [0.25, 0.3) is 0 Å². The van der Waals surface area contributed by atoms with Gasteiger partial charge in [0.15, 0.2) is 0 Å². The molecule has 0 saturated carbocycles. The van der Waals surface area contributed by atoms with Gasteiger partial charge in [-0.25, -0.2) is 0 Å². The Morgan fingerprint density at radius 1 is 1.61 bits per heavy atom. The summed E-state index contributed by atoms with van der Waals surface area (Å²) < 4.78 is 0. The van der Waals surface area contributed by atoms with Crippen LogP contribution in [0.2, 0.25) is 5.02 Å². The average Bonchev–Trinajstić information content (AvgIpc) is 2.31. The molecule has 96 valence electrons. The van der Waals surface area contributed by atoms with Gasteiger partial charge in [0.1, 0.15) is 0 Å². The normalized spacial score (nSPS) is 11.6. The zero-order valence-electron chi connectivity index (χ0n) is 10.1. The lowest BCUT2D eigenvalue weighted by atomic mass is 10.1. The van der Waals surface area contributed by atoms with Crippen molar-refractivity contribution in [1.82, 2.24) is 0 Å². The van der Waals surface area contributed by atoms with Gasteiger partial charge in [-0.2, -0.15) is 5.26 Å². The van der Waals surface area contributed by atoms with Crippen molar-refractivity contribution in [3.63, 3.8) is 0 Å². The minimum absolute atomic E-state index is 0.0458. The molecule has 1 unspecified atom stereocenters. The second-order valence-electron chi connectivity index (χ2n) is 4.03. The molecule has 1 aromatic carbocycles. The van der Waals surface area contributed by atoms with Crippen LogP contribution in [0.5, 0.6) is 0 Å². The van der Waals surface area contributed by atoms with Crippen LogP contribution in [-0.4, -0.2) is 17.1 Å². The monoisotopic (exact) mass is 266 g/mol. The van der Waals surface area contributed by atoms with Gasteiger partial charge in [0, 0.05) is 6.04 Å². The van der Waals surface area contributed by atoms with Crippen LogP contribution in [0.4, 0.5) is 5.69 Å². The highest BCUT2D eigenvalue weighted by atomic mass is 35.5. The van der Waals surface area contributed by atoms with Crippen LogP contribution < -0.4 is 5.32 Å². The molecule has 0 bridgehead atoms. The van der Waals surface area contributed by atoms with Crippen LogP contribution in [-0.2, 0) is 4.79 Å². The highest BCUT2D eigenvalue weighted by Gasteiger charge is 2.13. The van der Waals surface area contributed by atoms with Crippen LogP contribution >= 0.6 is 11.6 Å². The second kappa shape index (κ2) is 6.87. The van der Waals surface area contributed by atoms with Gasteiger partial charge in [-0.05, 0) is 24.6 Å². The largest absolute Gasteiger partial charge is 0.481 e. The van der Waals surface area contributed by atoms with Gasteiger partial charge in [-0.3, -0.25) is 4.79 Å². The number of nitrogens with zero attached hydrogens (tertiary/aromatic N) is 1. The summed E-state index contributed by atoms with van der Waals surface area (Å²) in [7, 11) is 0. The zero-order chi connectivity index (χ0) is 13.5. The van der Waals surface area contributed by atoms with Gasteiger partial charge >= 0.3 is 5.97 Å². The third-order valence-corrected chi connectivity index (χ3v) is 2.83. The fourth-order valence-electron chi connectivity index (χ4n) is 1.71. The molecular weight excluding hydrogens is 252 g/mol. The van der Waals surface area contributed by atoms with Crippen molar-refractivity contribution < 1.29 is 9.90 Å². The Bertz CT molecular complexity index is 469. The van der Waals surface area contributed by atoms with Crippen molar-refractivity contribution in [2.75, 3.05) is 5.32 Å². The summed E-state index contributed by atoms with van der Waals surface area (Å²) in [5.41, 5.74) is 1.14. The number of rotatable bonds is 6. The number of halogens is 1. The maximum Gasteiger partial charge on any atom is 0.305 e. The van der Waals surface area contributed by atoms with E-state index in [0.29, 0.717) is 16.3 Å². The fourth-order valence-corrected chi connectivity index (χ4v) is 1.94. The van der Waals surface area contributed by atoms with Crippen LogP contribution in [0.1, 0.15) is 31.7 Å². The summed E-state index contributed by atoms with van der Waals surface area (Å²) in [6.07, 6.45) is 1.69. The molecule has 0 aliphatic rings. The van der Waals surface area contributed by atoms with Gasteiger partial charge in [0.2, 0.25) is 0 Å². The van der Waals surface area contributed by atoms with E-state index in [1.807, 2.05) is 13.0 Å². The van der Waals surface area contributed by atoms with Crippen molar-refractivity contribution in [3.8, 4) is 6.07 Å². The highest BCUT2D eigenvalue weighted by Crippen LogP contribution is 2.24. The third kappa shape index (κ3) is 4.27. The van der Waals surface area contributed by atoms with E-state index in [4.69, 9.17) is 22.0 Å². The Hall–Kier alpha value is -1.73. The number of hydrogen-bond donors (Lipinski definition) is 2. The Morgan fingerprint density at radius 2 is 2.33 bits per heavy atom. The molecule has 5 heteroatoms. The summed E-state index contributed by atoms with van der Waals surface area (Å²) in [5.74, 6) is -0.842. The SMILES string of the molecule is CCCC(CC(=O)O)Nc1ccc(C#N)cc1Cl. The van der Waals surface area contributed by atoms with Crippen molar-refractivity contribution in [1.29, 1.82) is 5.26 Å². The van der Waals surface area contributed by atoms with Crippen LogP contribution in [0.3, 0.4) is 0 Å². The number of nitrogens with one attached hydrogen (secondary N) is 1. The van der Waals surface area contributed by atoms with E-state index in [-0.39, 0.29) is 12.5 Å². The Kier molecular flexibility index (Phi) is 5.47. The van der Waals surface area contributed by atoms with E-state index in [2.05, 4.69) is 5.32 Å². The van der Waals surface area contributed by atoms with Crippen LogP contribution in [0, 0.1) is 11.3 Å². The topological polar surface area (TPSA) is 73.1 Å². The van der Waals surface area contributed by atoms with E-state index in [0.717, 1.165) is 12.8 Å². The molecule has 0 aromatic heterocycles. The summed E-state index contributed by atoms with van der Waals surface area (Å²) in [4.78, 5) is 10.7. The predicted octanol–water partition coefficient (Wildman–Crippen LogP) is 3.27. The molecule has 1 aromatic rings. The molecule has 2 N–H and O–H groups in total. The van der Waals surface area contributed by atoms with Crippen molar-refractivity contribution in [2.24, 2.45) is 0 Å². The smallest absolute Gasteiger partial charge is 0.305 e. The Labute approximate surface area is 111 Å². The van der Waals surface area contributed by atoms with Gasteiger partial charge in [0.05, 0.1) is 28.8 Å². The molecular formula is C13H15ClN2O2. The molecule has 0 aliphatic carbocycles. The number of benzene rings is 1. The lowest BCUT2D eigenvalue weighted by molar-refractivity contribution is -0.137. The molecule has 0 aliphatic heterocycles. The van der Waals surface area contributed by atoms with Gasteiger partial charge in [-0.15, -0.1) is 0 Å². The van der Waals surface area contributed by atoms with Gasteiger partial charge in [-0.1, -0.05) is 24.9 Å². The summed E-state index contributed by atoms with van der Waals surface area (Å²) in [6.45, 7) is 2.00. The standard InChI is InChI=1S/C13H15ClN2O2/c1-2-3-10(7-13(17)18)16-12-5-4-9(8-15)6-11(12)14/h4-6,10,16H,2-3,7H2,1H3,(H,17,18). The lowest BCUT2D eigenvalue weighted by Crippen LogP contribution is -2.23. The molecule has 4 nitrogen and oxygen atoms in total. The first kappa shape index (κ1) is 14.3. The summed E-state index contributed by atoms with van der Waals surface area (Å²) in [5, 5.41) is 21.1. The molecule has 1 atom stereocenters. The third-order valence-electron chi connectivity index (χ3n) is 2.52. The lowest BCUT2D eigenvalue weighted by Gasteiger charge is -2.18. The number of carbonyl (C=O) groups is 1. The number of hydrogen-bond acceptors (Lipinski definition) is 3. The number of aliphatic carboxylic acids is 1. The average molecular weight is 267 g/mol. The molecule has 18 heavy (non-hydrogen) atoms. The predicted molar refractivity (Wildman–Crippen MR) is 70.7 cm³/mol. The first-order chi connectivity index (χ1) is 8.56. The molecule has 0 amide bonds. The van der Waals surface area contributed by atoms with E-state index in [1.165, 1.54) is 0 Å². The second-order valence-corrected chi connectivity index (χ2v) is 4.44. The Balaban J connectivity index is 2.80. The van der Waals surface area contributed by atoms with Gasteiger partial charge < -0.3 is 10.4 Å². The van der Waals surface area contributed by atoms with Crippen LogP contribution in [0.25, 0.3) is 0 Å². The van der Waals surface area contributed by atoms with E-state index in [1.54, 1.807) is 18.2 Å². The summed E-state index contributed by atoms with van der Waals surface area (Å²) >= 11 is 6.03. The number of nitriles is 1. The number of carboxylic acid groups (broad SMARTS) is 1. The number of carboxylic acids is 1. The molecule has 0 heterocycles. The van der Waals surface area contributed by atoms with Crippen LogP contribution in [0.15, 0.2) is 18.2 Å². The quantitative estimate of drug-likeness (QED) is 0.829. The first-order valence-electron chi connectivity index (χ1n) is 5.74. The first-order valence-corrected chi connectivity index (χ1v) is 6.12. The molecule has 0 radical (unpaired) electrons. The zero-order valence-corrected chi connectivity index (χ0v) is 10.9. The van der Waals surface area contributed by atoms with E-state index >= 15 is 0 Å². The minimum Gasteiger partial charge on any atom is -0.481 e. The maximum atomic E-state index is 10.7. The highest BCUT2D eigenvalue weighted by molar-refractivity contribution is 6.33. The molecule has 0 saturated heterocycles. The molecule has 0 spiro atoms. The van der Waals surface area contributed by atoms with E-state index in [9.17, 15) is 4.79 Å². The van der Waals surface area contributed by atoms with Crippen molar-refractivity contribution in [2.45, 2.75) is 32.2 Å². The summed E-state index contributed by atoms with van der Waals surface area (Å²) in [6, 6.07) is 6.76. The minimum atomic E-state index is -0.842. The van der Waals surface area contributed by atoms with E-state index < -0.39 is 5.97 Å². The van der Waals surface area contributed by atoms with Crippen molar-refractivity contribution in [3.05, 3.63) is 28.8 Å².